The Balaban J connectivity index is 1.33. The second kappa shape index (κ2) is 19.2. The van der Waals surface area contributed by atoms with Crippen LogP contribution in [0.4, 0.5) is 16.2 Å². The third-order valence-corrected chi connectivity index (χ3v) is 8.85. The first-order valence-electron chi connectivity index (χ1n) is 17.6. The quantitative estimate of drug-likeness (QED) is 0.0739. The molecule has 2 aliphatic rings. The Morgan fingerprint density at radius 2 is 1.42 bits per heavy atom. The van der Waals surface area contributed by atoms with Crippen molar-refractivity contribution in [3.63, 3.8) is 0 Å². The number of likely N-dealkylation sites (tertiary alicyclic amines) is 2. The SMILES string of the molecule is CC(C)C[C@H](NC(=O)[C@@H]1CCCN1C(=O)OCc1ccc(N=Nc2ccccc2)cc1)C(=O)N1CCC[C@H]1C(=O)N[C@H](CCCN=C(N)N)C(=O)O. The van der Waals surface area contributed by atoms with Crippen molar-refractivity contribution in [1.29, 1.82) is 0 Å². The first kappa shape index (κ1) is 39.2. The van der Waals surface area contributed by atoms with E-state index in [0.29, 0.717) is 50.8 Å². The summed E-state index contributed by atoms with van der Waals surface area (Å²) < 4.78 is 5.56. The number of carbonyl (C=O) groups excluding carboxylic acids is 4. The molecular formula is C36H49N9O7. The summed E-state index contributed by atoms with van der Waals surface area (Å²) in [6.07, 6.45) is 1.96. The van der Waals surface area contributed by atoms with E-state index in [1.165, 1.54) is 9.80 Å². The van der Waals surface area contributed by atoms with E-state index in [2.05, 4.69) is 25.9 Å². The Kier molecular flexibility index (Phi) is 14.5. The molecule has 7 N–H and O–H groups in total. The zero-order valence-electron chi connectivity index (χ0n) is 29.6. The molecule has 2 fully saturated rings. The molecule has 0 spiro atoms. The zero-order valence-corrected chi connectivity index (χ0v) is 29.6. The van der Waals surface area contributed by atoms with E-state index in [4.69, 9.17) is 16.2 Å². The number of azo groups is 1. The van der Waals surface area contributed by atoms with Crippen LogP contribution in [0.3, 0.4) is 0 Å². The maximum absolute atomic E-state index is 13.9. The molecule has 16 heteroatoms. The van der Waals surface area contributed by atoms with Gasteiger partial charge in [-0.15, -0.1) is 0 Å². The van der Waals surface area contributed by atoms with Gasteiger partial charge >= 0.3 is 12.1 Å². The van der Waals surface area contributed by atoms with Gasteiger partial charge in [0.2, 0.25) is 17.7 Å². The highest BCUT2D eigenvalue weighted by Crippen LogP contribution is 2.24. The van der Waals surface area contributed by atoms with Gasteiger partial charge in [-0.2, -0.15) is 10.2 Å². The maximum atomic E-state index is 13.9. The highest BCUT2D eigenvalue weighted by molar-refractivity contribution is 5.95. The number of ether oxygens (including phenoxy) is 1. The van der Waals surface area contributed by atoms with Crippen LogP contribution < -0.4 is 22.1 Å². The van der Waals surface area contributed by atoms with Gasteiger partial charge in [-0.3, -0.25) is 24.3 Å². The zero-order chi connectivity index (χ0) is 37.6. The van der Waals surface area contributed by atoms with Gasteiger partial charge in [0, 0.05) is 19.6 Å². The molecule has 2 aliphatic heterocycles. The first-order chi connectivity index (χ1) is 24.9. The highest BCUT2D eigenvalue weighted by atomic mass is 16.6. The molecular weight excluding hydrogens is 670 g/mol. The Morgan fingerprint density at radius 1 is 0.846 bits per heavy atom. The van der Waals surface area contributed by atoms with Crippen LogP contribution in [0.1, 0.15) is 64.4 Å². The number of aliphatic imine (C=N–C) groups is 1. The lowest BCUT2D eigenvalue weighted by Crippen LogP contribution is -2.57. The molecule has 0 bridgehead atoms. The molecule has 52 heavy (non-hydrogen) atoms. The summed E-state index contributed by atoms with van der Waals surface area (Å²) >= 11 is 0. The number of guanidine groups is 1. The molecule has 4 amide bonds. The third-order valence-electron chi connectivity index (χ3n) is 8.85. The number of nitrogens with zero attached hydrogens (tertiary/aromatic N) is 5. The standard InChI is InChI=1S/C36H49N9O7/c1-23(2)21-28(33(48)44-19-7-12-29(44)31(46)40-27(34(49)50)11-6-18-39-35(37)38)41-32(47)30-13-8-20-45(30)36(51)52-22-24-14-16-26(17-15-24)43-42-25-9-4-3-5-10-25/h3-5,9-10,14-17,23,27-30H,6-8,11-13,18-22H2,1-2H3,(H,40,46)(H,41,47)(H,49,50)(H4,37,38,39)/t27-,28+,29+,30+/m1/s1. The van der Waals surface area contributed by atoms with E-state index in [1.807, 2.05) is 44.2 Å². The number of carboxylic acids is 1. The van der Waals surface area contributed by atoms with Gasteiger partial charge in [0.05, 0.1) is 11.4 Å². The lowest BCUT2D eigenvalue weighted by atomic mass is 10.0. The molecule has 0 unspecified atom stereocenters. The first-order valence-corrected chi connectivity index (χ1v) is 17.6. The molecule has 0 aliphatic carbocycles. The average Bonchev–Trinajstić information content (AvgIpc) is 3.82. The molecule has 2 aromatic rings. The topological polar surface area (TPSA) is 234 Å². The predicted octanol–water partition coefficient (Wildman–Crippen LogP) is 3.35. The minimum atomic E-state index is -1.21. The van der Waals surface area contributed by atoms with Gasteiger partial charge in [0.15, 0.2) is 5.96 Å². The van der Waals surface area contributed by atoms with Crippen LogP contribution in [0.25, 0.3) is 0 Å². The van der Waals surface area contributed by atoms with Crippen molar-refractivity contribution in [2.24, 2.45) is 32.6 Å². The lowest BCUT2D eigenvalue weighted by molar-refractivity contribution is -0.145. The minimum Gasteiger partial charge on any atom is -0.480 e. The summed E-state index contributed by atoms with van der Waals surface area (Å²) in [4.78, 5) is 72.5. The van der Waals surface area contributed by atoms with Crippen molar-refractivity contribution in [3.8, 4) is 0 Å². The summed E-state index contributed by atoms with van der Waals surface area (Å²) in [5.41, 5.74) is 12.8. The van der Waals surface area contributed by atoms with Gasteiger partial charge < -0.3 is 36.8 Å². The summed E-state index contributed by atoms with van der Waals surface area (Å²) in [6.45, 7) is 4.63. The van der Waals surface area contributed by atoms with E-state index < -0.39 is 54.0 Å². The summed E-state index contributed by atoms with van der Waals surface area (Å²) in [7, 11) is 0. The fourth-order valence-electron chi connectivity index (χ4n) is 6.25. The molecule has 280 valence electrons. The number of carbonyl (C=O) groups is 5. The van der Waals surface area contributed by atoms with Crippen LogP contribution in [0.15, 0.2) is 69.8 Å². The molecule has 0 radical (unpaired) electrons. The number of hydrogen-bond acceptors (Lipinski definition) is 9. The number of nitrogens with one attached hydrogen (secondary N) is 2. The van der Waals surface area contributed by atoms with E-state index >= 15 is 0 Å². The average molecular weight is 720 g/mol. The number of nitrogens with two attached hydrogens (primary N) is 2. The van der Waals surface area contributed by atoms with Crippen molar-refractivity contribution in [1.82, 2.24) is 20.4 Å². The molecule has 0 saturated carbocycles. The normalized spacial score (nSPS) is 18.2. The molecule has 2 heterocycles. The van der Waals surface area contributed by atoms with Crippen molar-refractivity contribution in [2.75, 3.05) is 19.6 Å². The number of benzene rings is 2. The molecule has 4 atom stereocenters. The van der Waals surface area contributed by atoms with Crippen LogP contribution >= 0.6 is 0 Å². The molecule has 2 saturated heterocycles. The van der Waals surface area contributed by atoms with Gasteiger partial charge in [-0.25, -0.2) is 9.59 Å². The molecule has 16 nitrogen and oxygen atoms in total. The minimum absolute atomic E-state index is 0.00828. The molecule has 2 aromatic carbocycles. The molecule has 0 aromatic heterocycles. The van der Waals surface area contributed by atoms with Gasteiger partial charge in [0.25, 0.3) is 0 Å². The van der Waals surface area contributed by atoms with Crippen molar-refractivity contribution in [2.45, 2.75) is 89.6 Å². The van der Waals surface area contributed by atoms with Crippen LogP contribution in [-0.4, -0.2) is 94.5 Å². The Hall–Kier alpha value is -5.54. The van der Waals surface area contributed by atoms with Crippen molar-refractivity contribution < 1.29 is 33.8 Å². The Bertz CT molecular complexity index is 1600. The summed E-state index contributed by atoms with van der Waals surface area (Å²) in [6, 6.07) is 12.6. The second-order valence-corrected chi connectivity index (χ2v) is 13.3. The maximum Gasteiger partial charge on any atom is 0.410 e. The van der Waals surface area contributed by atoms with Crippen molar-refractivity contribution in [3.05, 3.63) is 60.2 Å². The number of aliphatic carboxylic acids is 1. The van der Waals surface area contributed by atoms with E-state index in [9.17, 15) is 29.1 Å². The number of rotatable bonds is 16. The molecule has 4 rings (SSSR count). The fourth-order valence-corrected chi connectivity index (χ4v) is 6.25. The van der Waals surface area contributed by atoms with Gasteiger partial charge in [-0.05, 0) is 80.7 Å². The third kappa shape index (κ3) is 11.5. The highest BCUT2D eigenvalue weighted by Gasteiger charge is 2.41. The smallest absolute Gasteiger partial charge is 0.410 e. The van der Waals surface area contributed by atoms with E-state index in [1.54, 1.807) is 24.3 Å². The second-order valence-electron chi connectivity index (χ2n) is 13.3. The van der Waals surface area contributed by atoms with Crippen molar-refractivity contribution >= 4 is 47.1 Å². The van der Waals surface area contributed by atoms with Crippen LogP contribution in [0.2, 0.25) is 0 Å². The van der Waals surface area contributed by atoms with Crippen LogP contribution in [0.5, 0.6) is 0 Å². The Morgan fingerprint density at radius 3 is 2.02 bits per heavy atom. The number of amides is 4. The predicted molar refractivity (Wildman–Crippen MR) is 193 cm³/mol. The summed E-state index contributed by atoms with van der Waals surface area (Å²) in [5, 5.41) is 23.5. The summed E-state index contributed by atoms with van der Waals surface area (Å²) in [5.74, 6) is -2.79. The lowest BCUT2D eigenvalue weighted by Gasteiger charge is -2.31. The monoisotopic (exact) mass is 719 g/mol. The fraction of sp³-hybridized carbons (Fsp3) is 0.500. The van der Waals surface area contributed by atoms with Crippen LogP contribution in [0, 0.1) is 5.92 Å². The van der Waals surface area contributed by atoms with Crippen LogP contribution in [-0.2, 0) is 30.5 Å². The largest absolute Gasteiger partial charge is 0.480 e. The van der Waals surface area contributed by atoms with E-state index in [-0.39, 0.29) is 38.0 Å². The van der Waals surface area contributed by atoms with Gasteiger partial charge in [-0.1, -0.05) is 44.2 Å². The number of hydrogen-bond donors (Lipinski definition) is 5. The van der Waals surface area contributed by atoms with E-state index in [0.717, 1.165) is 11.3 Å². The number of carboxylic acid groups (broad SMARTS) is 1. The van der Waals surface area contributed by atoms with Gasteiger partial charge in [0.1, 0.15) is 30.8 Å². The Labute approximate surface area is 303 Å².